The van der Waals surface area contributed by atoms with Gasteiger partial charge in [0.1, 0.15) is 17.1 Å². The van der Waals surface area contributed by atoms with Gasteiger partial charge in [-0.25, -0.2) is 18.7 Å². The molecule has 0 fully saturated rings. The average molecular weight is 442 g/mol. The number of hydrogen-bond acceptors (Lipinski definition) is 6. The second-order valence-corrected chi connectivity index (χ2v) is 8.29. The SMILES string of the molecule is CSc1nc2c(s1)c(=O)n(-c1ccccc1)c(=O)n2CC(=O)Nc1ccc(F)cc1. The highest BCUT2D eigenvalue weighted by Crippen LogP contribution is 2.25. The smallest absolute Gasteiger partial charge is 0.325 e. The Morgan fingerprint density at radius 3 is 2.50 bits per heavy atom. The molecular weight excluding hydrogens is 427 g/mol. The van der Waals surface area contributed by atoms with Crippen LogP contribution < -0.4 is 16.6 Å². The Labute approximate surface area is 177 Å². The van der Waals surface area contributed by atoms with Gasteiger partial charge in [-0.15, -0.1) is 11.3 Å². The lowest BCUT2D eigenvalue weighted by Gasteiger charge is -2.11. The molecule has 152 valence electrons. The van der Waals surface area contributed by atoms with Crippen molar-refractivity contribution >= 4 is 45.0 Å². The fraction of sp³-hybridized carbons (Fsp3) is 0.100. The first-order valence-corrected chi connectivity index (χ1v) is 10.8. The van der Waals surface area contributed by atoms with Gasteiger partial charge in [0.05, 0.1) is 5.69 Å². The molecule has 4 rings (SSSR count). The zero-order chi connectivity index (χ0) is 21.3. The number of amides is 1. The Morgan fingerprint density at radius 2 is 1.83 bits per heavy atom. The number of halogens is 1. The molecular formula is C20H15FN4O3S2. The van der Waals surface area contributed by atoms with Crippen LogP contribution in [0.5, 0.6) is 0 Å². The molecule has 1 N–H and O–H groups in total. The molecule has 2 heterocycles. The normalized spacial score (nSPS) is 11.0. The molecule has 4 aromatic rings. The van der Waals surface area contributed by atoms with Crippen LogP contribution in [0.4, 0.5) is 10.1 Å². The summed E-state index contributed by atoms with van der Waals surface area (Å²) >= 11 is 2.52. The Morgan fingerprint density at radius 1 is 1.13 bits per heavy atom. The van der Waals surface area contributed by atoms with Gasteiger partial charge in [0.2, 0.25) is 5.91 Å². The van der Waals surface area contributed by atoms with Gasteiger partial charge in [-0.05, 0) is 42.7 Å². The zero-order valence-corrected chi connectivity index (χ0v) is 17.3. The molecule has 2 aromatic heterocycles. The van der Waals surface area contributed by atoms with Crippen LogP contribution in [0.15, 0.2) is 68.5 Å². The van der Waals surface area contributed by atoms with Crippen molar-refractivity contribution in [1.29, 1.82) is 0 Å². The van der Waals surface area contributed by atoms with Crippen molar-refractivity contribution in [3.8, 4) is 5.69 Å². The number of fused-ring (bicyclic) bond motifs is 1. The van der Waals surface area contributed by atoms with Crippen molar-refractivity contribution in [3.63, 3.8) is 0 Å². The molecule has 0 aliphatic rings. The summed E-state index contributed by atoms with van der Waals surface area (Å²) in [6.07, 6.45) is 1.82. The lowest BCUT2D eigenvalue weighted by atomic mass is 10.3. The molecule has 0 spiro atoms. The van der Waals surface area contributed by atoms with Crippen LogP contribution in [0.2, 0.25) is 0 Å². The largest absolute Gasteiger partial charge is 0.337 e. The number of nitrogens with one attached hydrogen (secondary N) is 1. The lowest BCUT2D eigenvalue weighted by molar-refractivity contribution is -0.116. The topological polar surface area (TPSA) is 86.0 Å². The summed E-state index contributed by atoms with van der Waals surface area (Å²) < 4.78 is 16.2. The van der Waals surface area contributed by atoms with Gasteiger partial charge in [0.25, 0.3) is 5.56 Å². The first-order chi connectivity index (χ1) is 14.5. The maximum Gasteiger partial charge on any atom is 0.337 e. The van der Waals surface area contributed by atoms with E-state index in [9.17, 15) is 18.8 Å². The summed E-state index contributed by atoms with van der Waals surface area (Å²) in [6.45, 7) is -0.350. The van der Waals surface area contributed by atoms with E-state index in [2.05, 4.69) is 10.3 Å². The highest BCUT2D eigenvalue weighted by atomic mass is 32.2. The number of aromatic nitrogens is 3. The van der Waals surface area contributed by atoms with Crippen molar-refractivity contribution in [1.82, 2.24) is 14.1 Å². The van der Waals surface area contributed by atoms with Gasteiger partial charge in [0, 0.05) is 5.69 Å². The van der Waals surface area contributed by atoms with E-state index in [-0.39, 0.29) is 16.9 Å². The predicted octanol–water partition coefficient (Wildman–Crippen LogP) is 3.11. The first kappa shape index (κ1) is 20.0. The highest BCUT2D eigenvalue weighted by Gasteiger charge is 2.20. The molecule has 0 atom stereocenters. The van der Waals surface area contributed by atoms with E-state index in [4.69, 9.17) is 0 Å². The molecule has 7 nitrogen and oxygen atoms in total. The predicted molar refractivity (Wildman–Crippen MR) is 116 cm³/mol. The number of carbonyl (C=O) groups excluding carboxylic acids is 1. The van der Waals surface area contributed by atoms with Crippen molar-refractivity contribution in [3.05, 3.63) is 81.3 Å². The zero-order valence-electron chi connectivity index (χ0n) is 15.7. The number of rotatable bonds is 5. The molecule has 0 unspecified atom stereocenters. The van der Waals surface area contributed by atoms with E-state index in [0.29, 0.717) is 15.7 Å². The summed E-state index contributed by atoms with van der Waals surface area (Å²) in [5, 5.41) is 2.62. The van der Waals surface area contributed by atoms with Crippen LogP contribution in [0.1, 0.15) is 0 Å². The maximum atomic E-state index is 13.2. The van der Waals surface area contributed by atoms with E-state index < -0.39 is 23.0 Å². The number of benzene rings is 2. The Kier molecular flexibility index (Phi) is 5.51. The Hall–Kier alpha value is -3.24. The number of para-hydroxylation sites is 1. The third-order valence-corrected chi connectivity index (χ3v) is 6.30. The van der Waals surface area contributed by atoms with Gasteiger partial charge in [-0.1, -0.05) is 30.0 Å². The molecule has 10 heteroatoms. The molecule has 0 aliphatic carbocycles. The molecule has 0 aliphatic heterocycles. The van der Waals surface area contributed by atoms with E-state index in [0.717, 1.165) is 4.57 Å². The van der Waals surface area contributed by atoms with Crippen molar-refractivity contribution in [2.24, 2.45) is 0 Å². The minimum absolute atomic E-state index is 0.167. The van der Waals surface area contributed by atoms with E-state index >= 15 is 0 Å². The number of carbonyl (C=O) groups is 1. The monoisotopic (exact) mass is 442 g/mol. The fourth-order valence-electron chi connectivity index (χ4n) is 2.93. The van der Waals surface area contributed by atoms with E-state index in [1.165, 1.54) is 51.9 Å². The number of anilines is 1. The lowest BCUT2D eigenvalue weighted by Crippen LogP contribution is -2.40. The number of thioether (sulfide) groups is 1. The van der Waals surface area contributed by atoms with Gasteiger partial charge in [0.15, 0.2) is 9.99 Å². The molecule has 1 amide bonds. The maximum absolute atomic E-state index is 13.2. The molecule has 30 heavy (non-hydrogen) atoms. The van der Waals surface area contributed by atoms with Crippen LogP contribution >= 0.6 is 23.1 Å². The summed E-state index contributed by atoms with van der Waals surface area (Å²) in [6, 6.07) is 13.8. The quantitative estimate of drug-likeness (QED) is 0.480. The molecule has 2 aromatic carbocycles. The number of hydrogen-bond donors (Lipinski definition) is 1. The second kappa shape index (κ2) is 8.25. The minimum Gasteiger partial charge on any atom is -0.325 e. The first-order valence-electron chi connectivity index (χ1n) is 8.79. The van der Waals surface area contributed by atoms with Crippen molar-refractivity contribution in [2.45, 2.75) is 10.9 Å². The highest BCUT2D eigenvalue weighted by molar-refractivity contribution is 8.00. The summed E-state index contributed by atoms with van der Waals surface area (Å²) in [5.74, 6) is -0.921. The fourth-order valence-corrected chi connectivity index (χ4v) is 4.42. The standard InChI is InChI=1S/C20H15FN4O3S2/c1-29-19-23-17-16(30-19)18(27)25(14-5-3-2-4-6-14)20(28)24(17)11-15(26)22-13-9-7-12(21)8-10-13/h2-10H,11H2,1H3,(H,22,26). The van der Waals surface area contributed by atoms with Gasteiger partial charge >= 0.3 is 5.69 Å². The summed E-state index contributed by atoms with van der Waals surface area (Å²) in [5.41, 5.74) is -0.174. The number of nitrogens with zero attached hydrogens (tertiary/aromatic N) is 3. The third kappa shape index (κ3) is 3.79. The summed E-state index contributed by atoms with van der Waals surface area (Å²) in [7, 11) is 0. The van der Waals surface area contributed by atoms with Crippen LogP contribution in [0.25, 0.3) is 16.0 Å². The average Bonchev–Trinajstić information content (AvgIpc) is 3.19. The third-order valence-electron chi connectivity index (χ3n) is 4.28. The number of thiazole rings is 1. The van der Waals surface area contributed by atoms with Crippen LogP contribution in [-0.4, -0.2) is 26.3 Å². The Balaban J connectivity index is 1.82. The van der Waals surface area contributed by atoms with E-state index in [1.807, 2.05) is 6.26 Å². The van der Waals surface area contributed by atoms with Gasteiger partial charge in [-0.3, -0.25) is 14.2 Å². The van der Waals surface area contributed by atoms with Crippen LogP contribution in [-0.2, 0) is 11.3 Å². The van der Waals surface area contributed by atoms with E-state index in [1.54, 1.807) is 30.3 Å². The van der Waals surface area contributed by atoms with Crippen molar-refractivity contribution in [2.75, 3.05) is 11.6 Å². The second-order valence-electron chi connectivity index (χ2n) is 6.24. The molecule has 0 saturated heterocycles. The van der Waals surface area contributed by atoms with Crippen LogP contribution in [0, 0.1) is 5.82 Å². The van der Waals surface area contributed by atoms with Crippen molar-refractivity contribution < 1.29 is 9.18 Å². The molecule has 0 saturated carbocycles. The van der Waals surface area contributed by atoms with Crippen LogP contribution in [0.3, 0.4) is 0 Å². The Bertz CT molecular complexity index is 1340. The summed E-state index contributed by atoms with van der Waals surface area (Å²) in [4.78, 5) is 43.2. The molecule has 0 bridgehead atoms. The molecule has 0 radical (unpaired) electrons. The van der Waals surface area contributed by atoms with Gasteiger partial charge in [-0.2, -0.15) is 0 Å². The van der Waals surface area contributed by atoms with Gasteiger partial charge < -0.3 is 5.32 Å². The minimum atomic E-state index is -0.661.